The molecule has 0 aromatic heterocycles. The van der Waals surface area contributed by atoms with Crippen molar-refractivity contribution in [3.05, 3.63) is 112 Å². The molecule has 3 aromatic carbocycles. The number of hydrogen-bond acceptors (Lipinski definition) is 4. The van der Waals surface area contributed by atoms with Crippen LogP contribution in [0.15, 0.2) is 71.8 Å². The van der Waals surface area contributed by atoms with Crippen molar-refractivity contribution in [2.45, 2.75) is 84.1 Å². The molecule has 0 spiro atoms. The Hall–Kier alpha value is -4.24. The lowest BCUT2D eigenvalue weighted by atomic mass is 9.83. The molecule has 5 nitrogen and oxygen atoms in total. The first kappa shape index (κ1) is 38.6. The van der Waals surface area contributed by atoms with Gasteiger partial charge in [0.25, 0.3) is 5.91 Å². The first-order chi connectivity index (χ1) is 24.2. The highest BCUT2D eigenvalue weighted by molar-refractivity contribution is 6.14. The molecule has 1 saturated carbocycles. The van der Waals surface area contributed by atoms with Crippen molar-refractivity contribution in [3.63, 3.8) is 0 Å². The number of unbranched alkanes of at least 4 members (excludes halogenated alkanes) is 6. The van der Waals surface area contributed by atoms with Crippen LogP contribution >= 0.6 is 0 Å². The van der Waals surface area contributed by atoms with Crippen LogP contribution in [0.25, 0.3) is 12.2 Å². The lowest BCUT2D eigenvalue weighted by molar-refractivity contribution is -0.113. The highest BCUT2D eigenvalue weighted by Gasteiger charge is 2.29. The Balaban J connectivity index is 1.41. The average molecular weight is 693 g/mol. The van der Waals surface area contributed by atoms with E-state index in [0.29, 0.717) is 17.9 Å². The third kappa shape index (κ3) is 12.0. The molecule has 1 aliphatic rings. The van der Waals surface area contributed by atoms with E-state index in [1.807, 2.05) is 0 Å². The molecule has 4 rings (SSSR count). The van der Waals surface area contributed by atoms with Crippen LogP contribution in [0.5, 0.6) is 5.75 Å². The minimum absolute atomic E-state index is 0.132. The smallest absolute Gasteiger partial charge is 0.251 e. The van der Waals surface area contributed by atoms with E-state index in [4.69, 9.17) is 4.74 Å². The lowest BCUT2D eigenvalue weighted by Crippen LogP contribution is -2.39. The summed E-state index contributed by atoms with van der Waals surface area (Å²) in [5.74, 6) is -4.22. The van der Waals surface area contributed by atoms with Gasteiger partial charge < -0.3 is 10.1 Å². The van der Waals surface area contributed by atoms with Gasteiger partial charge >= 0.3 is 0 Å². The number of Topliss-reactive ketones (excluding diaryl/α,β-unsaturated/α-hetero) is 1. The van der Waals surface area contributed by atoms with E-state index >= 15 is 0 Å². The number of nitrogens with zero attached hydrogens (tertiary/aromatic N) is 1. The van der Waals surface area contributed by atoms with Crippen LogP contribution < -0.4 is 10.1 Å². The average Bonchev–Trinajstić information content (AvgIpc) is 3.10. The molecule has 0 atom stereocenters. The number of nitrogens with one attached hydrogen (secondary N) is 1. The quantitative estimate of drug-likeness (QED) is 0.0820. The standard InChI is InChI=1S/C41H48F4N2O3/c1-3-5-7-9-19-47(20-10-8-6-4-2)21-22-50-35-15-13-31(14-16-35)41(49)46-34-27-32(23-29-11-17-36(42)38(44)25-29)40(48)33(28-34)24-30-12-18-37(43)39(45)26-30/h11-18,23-26,34H,3-10,19-22,27-28H2,1-2H3,(H,46,49)/b32-23+,33-24+. The molecule has 50 heavy (non-hydrogen) atoms. The summed E-state index contributed by atoms with van der Waals surface area (Å²) in [5, 5.41) is 2.97. The number of halogens is 4. The first-order valence-electron chi connectivity index (χ1n) is 17.8. The van der Waals surface area contributed by atoms with Crippen molar-refractivity contribution in [3.8, 4) is 5.75 Å². The molecule has 1 aliphatic carbocycles. The molecule has 1 amide bonds. The van der Waals surface area contributed by atoms with Gasteiger partial charge in [-0.3, -0.25) is 14.5 Å². The van der Waals surface area contributed by atoms with Crippen LogP contribution in [0.3, 0.4) is 0 Å². The molecule has 0 radical (unpaired) electrons. The molecule has 3 aromatic rings. The van der Waals surface area contributed by atoms with Gasteiger partial charge in [0, 0.05) is 29.3 Å². The largest absolute Gasteiger partial charge is 0.492 e. The summed E-state index contributed by atoms with van der Waals surface area (Å²) in [6.07, 6.45) is 12.9. The molecular weight excluding hydrogens is 644 g/mol. The molecule has 268 valence electrons. The Morgan fingerprint density at radius 2 is 1.24 bits per heavy atom. The van der Waals surface area contributed by atoms with E-state index in [2.05, 4.69) is 24.1 Å². The fraction of sp³-hybridized carbons (Fsp3) is 0.415. The highest BCUT2D eigenvalue weighted by atomic mass is 19.2. The fourth-order valence-electron chi connectivity index (χ4n) is 6.08. The van der Waals surface area contributed by atoms with Gasteiger partial charge in [-0.15, -0.1) is 0 Å². The van der Waals surface area contributed by atoms with Gasteiger partial charge in [-0.1, -0.05) is 64.5 Å². The second kappa shape index (κ2) is 19.8. The maximum Gasteiger partial charge on any atom is 0.251 e. The number of hydrogen-bond donors (Lipinski definition) is 1. The van der Waals surface area contributed by atoms with Crippen LogP contribution in [0, 0.1) is 23.3 Å². The molecule has 0 heterocycles. The molecule has 1 N–H and O–H groups in total. The van der Waals surface area contributed by atoms with Gasteiger partial charge in [0.2, 0.25) is 0 Å². The topological polar surface area (TPSA) is 58.6 Å². The van der Waals surface area contributed by atoms with Crippen LogP contribution in [0.4, 0.5) is 17.6 Å². The fourth-order valence-corrected chi connectivity index (χ4v) is 6.08. The SMILES string of the molecule is CCCCCCN(CCCCCC)CCOc1ccc(C(=O)NC2C/C(=C\c3ccc(F)c(F)c3)C(=O)/C(=C/c3ccc(F)c(F)c3)C2)cc1. The zero-order valence-corrected chi connectivity index (χ0v) is 29.1. The van der Waals surface area contributed by atoms with Crippen molar-refractivity contribution >= 4 is 23.8 Å². The van der Waals surface area contributed by atoms with Crippen molar-refractivity contribution < 1.29 is 31.9 Å². The van der Waals surface area contributed by atoms with Crippen LogP contribution in [0.1, 0.15) is 99.5 Å². The van der Waals surface area contributed by atoms with Crippen LogP contribution in [-0.4, -0.2) is 48.9 Å². The summed E-state index contributed by atoms with van der Waals surface area (Å²) in [5.41, 5.74) is 1.47. The Labute approximate surface area is 293 Å². The Bertz CT molecular complexity index is 1550. The molecule has 1 fully saturated rings. The summed E-state index contributed by atoms with van der Waals surface area (Å²) >= 11 is 0. The second-order valence-electron chi connectivity index (χ2n) is 12.9. The highest BCUT2D eigenvalue weighted by Crippen LogP contribution is 2.30. The molecule has 0 aliphatic heterocycles. The number of amides is 1. The van der Waals surface area contributed by atoms with E-state index in [-0.39, 0.29) is 46.8 Å². The maximum absolute atomic E-state index is 13.9. The Morgan fingerprint density at radius 3 is 1.72 bits per heavy atom. The Morgan fingerprint density at radius 1 is 0.720 bits per heavy atom. The number of ether oxygens (including phenoxy) is 1. The van der Waals surface area contributed by atoms with Gasteiger partial charge in [0.15, 0.2) is 29.1 Å². The summed E-state index contributed by atoms with van der Waals surface area (Å²) < 4.78 is 61.0. The minimum atomic E-state index is -1.06. The van der Waals surface area contributed by atoms with Gasteiger partial charge in [0.05, 0.1) is 0 Å². The Kier molecular flexibility index (Phi) is 15.3. The number of ketones is 1. The molecule has 9 heteroatoms. The molecular formula is C41H48F4N2O3. The third-order valence-electron chi connectivity index (χ3n) is 8.87. The van der Waals surface area contributed by atoms with E-state index in [1.54, 1.807) is 24.3 Å². The predicted molar refractivity (Wildman–Crippen MR) is 191 cm³/mol. The monoisotopic (exact) mass is 692 g/mol. The molecule has 0 bridgehead atoms. The van der Waals surface area contributed by atoms with Gasteiger partial charge in [-0.25, -0.2) is 17.6 Å². The maximum atomic E-state index is 13.9. The van der Waals surface area contributed by atoms with E-state index in [9.17, 15) is 27.2 Å². The van der Waals surface area contributed by atoms with Crippen LogP contribution in [0.2, 0.25) is 0 Å². The zero-order valence-electron chi connectivity index (χ0n) is 29.1. The van der Waals surface area contributed by atoms with Gasteiger partial charge in [-0.05, 0) is 111 Å². The normalized spacial score (nSPS) is 16.4. The summed E-state index contributed by atoms with van der Waals surface area (Å²) in [7, 11) is 0. The van der Waals surface area contributed by atoms with Crippen molar-refractivity contribution in [2.75, 3.05) is 26.2 Å². The van der Waals surface area contributed by atoms with Crippen molar-refractivity contribution in [1.82, 2.24) is 10.2 Å². The molecule has 0 unspecified atom stereocenters. The second-order valence-corrected chi connectivity index (χ2v) is 12.9. The van der Waals surface area contributed by atoms with E-state index in [1.165, 1.54) is 75.7 Å². The number of rotatable bonds is 18. The predicted octanol–water partition coefficient (Wildman–Crippen LogP) is 9.71. The van der Waals surface area contributed by atoms with Crippen molar-refractivity contribution in [1.29, 1.82) is 0 Å². The number of carbonyl (C=O) groups is 2. The summed E-state index contributed by atoms with van der Waals surface area (Å²) in [4.78, 5) is 29.3. The zero-order chi connectivity index (χ0) is 35.9. The molecule has 0 saturated heterocycles. The van der Waals surface area contributed by atoms with Gasteiger partial charge in [-0.2, -0.15) is 0 Å². The summed E-state index contributed by atoms with van der Waals surface area (Å²) in [6.45, 7) is 7.95. The number of benzene rings is 3. The number of carbonyl (C=O) groups excluding carboxylic acids is 2. The van der Waals surface area contributed by atoms with Gasteiger partial charge in [0.1, 0.15) is 12.4 Å². The minimum Gasteiger partial charge on any atom is -0.492 e. The van der Waals surface area contributed by atoms with E-state index < -0.39 is 29.3 Å². The third-order valence-corrected chi connectivity index (χ3v) is 8.87. The van der Waals surface area contributed by atoms with Crippen molar-refractivity contribution in [2.24, 2.45) is 0 Å². The first-order valence-corrected chi connectivity index (χ1v) is 17.8. The van der Waals surface area contributed by atoms with E-state index in [0.717, 1.165) is 43.9 Å². The lowest BCUT2D eigenvalue weighted by Gasteiger charge is -2.27. The van der Waals surface area contributed by atoms with Crippen LogP contribution in [-0.2, 0) is 4.79 Å². The summed E-state index contributed by atoms with van der Waals surface area (Å²) in [6, 6.07) is 13.0.